The summed E-state index contributed by atoms with van der Waals surface area (Å²) in [4.78, 5) is 47.8. The third kappa shape index (κ3) is 5.48. The van der Waals surface area contributed by atoms with Crippen molar-refractivity contribution in [2.75, 3.05) is 13.1 Å². The molecular formula is C27H37N7O4. The normalized spacial score (nSPS) is 16.2. The summed E-state index contributed by atoms with van der Waals surface area (Å²) in [6, 6.07) is 2.78. The van der Waals surface area contributed by atoms with Crippen LogP contribution in [0.2, 0.25) is 0 Å². The van der Waals surface area contributed by atoms with E-state index in [1.54, 1.807) is 21.8 Å². The maximum atomic E-state index is 13.4. The lowest BCUT2D eigenvalue weighted by atomic mass is 9.91. The number of piperidine rings is 1. The van der Waals surface area contributed by atoms with Crippen LogP contribution >= 0.6 is 0 Å². The fraction of sp³-hybridized carbons (Fsp3) is 0.519. The number of amides is 2. The van der Waals surface area contributed by atoms with Crippen LogP contribution in [-0.2, 0) is 11.3 Å². The molecule has 0 saturated carbocycles. The number of pyridine rings is 2. The smallest absolute Gasteiger partial charge is 0.253 e. The van der Waals surface area contributed by atoms with E-state index in [0.29, 0.717) is 48.1 Å². The fourth-order valence-electron chi connectivity index (χ4n) is 4.99. The summed E-state index contributed by atoms with van der Waals surface area (Å²) in [7, 11) is 0. The van der Waals surface area contributed by atoms with Crippen molar-refractivity contribution in [3.8, 4) is 0 Å². The number of H-pyrrole nitrogens is 1. The van der Waals surface area contributed by atoms with E-state index in [1.165, 1.54) is 6.92 Å². The quantitative estimate of drug-likeness (QED) is 0.366. The van der Waals surface area contributed by atoms with Crippen LogP contribution in [-0.4, -0.2) is 66.8 Å². The minimum atomic E-state index is -0.943. The van der Waals surface area contributed by atoms with Gasteiger partial charge in [-0.3, -0.25) is 14.4 Å². The lowest BCUT2D eigenvalue weighted by Crippen LogP contribution is -2.51. The second kappa shape index (κ2) is 11.0. The number of nitrogens with one attached hydrogen (secondary N) is 2. The van der Waals surface area contributed by atoms with Crippen LogP contribution in [0.25, 0.3) is 11.0 Å². The first-order valence-corrected chi connectivity index (χ1v) is 13.1. The molecule has 4 rings (SSSR count). The molecule has 5 N–H and O–H groups in total. The highest BCUT2D eigenvalue weighted by atomic mass is 16.3. The van der Waals surface area contributed by atoms with Gasteiger partial charge in [0.15, 0.2) is 5.65 Å². The van der Waals surface area contributed by atoms with Gasteiger partial charge in [0.1, 0.15) is 6.04 Å². The van der Waals surface area contributed by atoms with Gasteiger partial charge in [-0.15, -0.1) is 0 Å². The van der Waals surface area contributed by atoms with Gasteiger partial charge in [-0.1, -0.05) is 0 Å². The SMILES string of the molecule is Cc1cc(C)c(CNC(=O)c2cc(C3CCN(C(=O)[C@@H](N)C(C)O)CC3)nc3c2cnn3C(C)C)c(=O)[nH]1. The topological polar surface area (TPSA) is 159 Å². The van der Waals surface area contributed by atoms with E-state index in [0.717, 1.165) is 17.0 Å². The lowest BCUT2D eigenvalue weighted by molar-refractivity contribution is -0.135. The average Bonchev–Trinajstić information content (AvgIpc) is 3.31. The number of nitrogens with zero attached hydrogens (tertiary/aromatic N) is 4. The van der Waals surface area contributed by atoms with Gasteiger partial charge in [-0.05, 0) is 65.2 Å². The van der Waals surface area contributed by atoms with E-state index < -0.39 is 12.1 Å². The van der Waals surface area contributed by atoms with Gasteiger partial charge < -0.3 is 26.0 Å². The monoisotopic (exact) mass is 523 g/mol. The molecule has 38 heavy (non-hydrogen) atoms. The molecule has 11 heteroatoms. The number of hydrogen-bond donors (Lipinski definition) is 4. The molecule has 11 nitrogen and oxygen atoms in total. The standard InChI is InChI=1S/C27H37N7O4/c1-14(2)34-24-21(13-30-34)19(25(36)29-12-20-15(3)10-16(4)31-26(20)37)11-22(32-24)18-6-8-33(9-7-18)27(38)23(28)17(5)35/h10-11,13-14,17-18,23,35H,6-9,12,28H2,1-5H3,(H,29,36)(H,31,37)/t17?,23-/m0/s1. The first kappa shape index (κ1) is 27.5. The van der Waals surface area contributed by atoms with Crippen LogP contribution in [0.3, 0.4) is 0 Å². The molecule has 0 bridgehead atoms. The first-order chi connectivity index (χ1) is 18.0. The highest BCUT2D eigenvalue weighted by molar-refractivity contribution is 6.05. The van der Waals surface area contributed by atoms with Gasteiger partial charge in [0.05, 0.1) is 23.3 Å². The molecular weight excluding hydrogens is 486 g/mol. The van der Waals surface area contributed by atoms with Crippen LogP contribution < -0.4 is 16.6 Å². The Morgan fingerprint density at radius 1 is 1.21 bits per heavy atom. The molecule has 0 aliphatic carbocycles. The number of rotatable bonds is 7. The zero-order chi connectivity index (χ0) is 27.7. The van der Waals surface area contributed by atoms with Gasteiger partial charge >= 0.3 is 0 Å². The molecule has 0 spiro atoms. The molecule has 1 fully saturated rings. The summed E-state index contributed by atoms with van der Waals surface area (Å²) in [5, 5.41) is 17.7. The number of aliphatic hydroxyl groups excluding tert-OH is 1. The highest BCUT2D eigenvalue weighted by Crippen LogP contribution is 2.31. The predicted octanol–water partition coefficient (Wildman–Crippen LogP) is 1.66. The van der Waals surface area contributed by atoms with Gasteiger partial charge in [0.2, 0.25) is 5.91 Å². The molecule has 1 aliphatic rings. The molecule has 204 valence electrons. The molecule has 4 heterocycles. The first-order valence-electron chi connectivity index (χ1n) is 13.1. The van der Waals surface area contributed by atoms with Crippen molar-refractivity contribution in [2.24, 2.45) is 5.73 Å². The van der Waals surface area contributed by atoms with Crippen molar-refractivity contribution >= 4 is 22.8 Å². The summed E-state index contributed by atoms with van der Waals surface area (Å²) < 4.78 is 1.80. The fourth-order valence-corrected chi connectivity index (χ4v) is 4.99. The van der Waals surface area contributed by atoms with Crippen LogP contribution in [0.1, 0.15) is 78.4 Å². The largest absolute Gasteiger partial charge is 0.391 e. The number of aromatic amines is 1. The molecule has 2 atom stereocenters. The number of aromatic nitrogens is 4. The summed E-state index contributed by atoms with van der Waals surface area (Å²) in [5.41, 5.74) is 9.58. The number of aliphatic hydroxyl groups is 1. The minimum absolute atomic E-state index is 0.0375. The Hall–Kier alpha value is -3.57. The maximum absolute atomic E-state index is 13.4. The van der Waals surface area contributed by atoms with Crippen LogP contribution in [0.15, 0.2) is 23.1 Å². The Kier molecular flexibility index (Phi) is 7.98. The van der Waals surface area contributed by atoms with Crippen LogP contribution in [0.4, 0.5) is 0 Å². The van der Waals surface area contributed by atoms with E-state index in [2.05, 4.69) is 15.4 Å². The van der Waals surface area contributed by atoms with E-state index in [1.807, 2.05) is 33.8 Å². The summed E-state index contributed by atoms with van der Waals surface area (Å²) in [6.45, 7) is 10.3. The van der Waals surface area contributed by atoms with Crippen LogP contribution in [0.5, 0.6) is 0 Å². The Morgan fingerprint density at radius 2 is 1.89 bits per heavy atom. The number of carbonyl (C=O) groups excluding carboxylic acids is 2. The summed E-state index contributed by atoms with van der Waals surface area (Å²) in [6.07, 6.45) is 2.06. The van der Waals surface area contributed by atoms with Crippen molar-refractivity contribution in [3.05, 3.63) is 56.8 Å². The van der Waals surface area contributed by atoms with Gasteiger partial charge in [-0.2, -0.15) is 5.10 Å². The average molecular weight is 524 g/mol. The number of fused-ring (bicyclic) bond motifs is 1. The predicted molar refractivity (Wildman–Crippen MR) is 144 cm³/mol. The molecule has 0 radical (unpaired) electrons. The van der Waals surface area contributed by atoms with Crippen molar-refractivity contribution in [2.45, 2.75) is 78.1 Å². The second-order valence-electron chi connectivity index (χ2n) is 10.5. The molecule has 0 aromatic carbocycles. The van der Waals surface area contributed by atoms with Gasteiger partial charge in [0.25, 0.3) is 11.5 Å². The Labute approximate surface area is 221 Å². The molecule has 1 unspecified atom stereocenters. The van der Waals surface area contributed by atoms with Crippen molar-refractivity contribution in [1.29, 1.82) is 0 Å². The minimum Gasteiger partial charge on any atom is -0.391 e. The molecule has 1 aliphatic heterocycles. The van der Waals surface area contributed by atoms with Gasteiger partial charge in [0, 0.05) is 48.5 Å². The van der Waals surface area contributed by atoms with E-state index in [-0.39, 0.29) is 35.9 Å². The Morgan fingerprint density at radius 3 is 2.50 bits per heavy atom. The maximum Gasteiger partial charge on any atom is 0.253 e. The molecule has 2 amide bonds. The Bertz CT molecular complexity index is 1400. The number of carbonyl (C=O) groups is 2. The number of aryl methyl sites for hydroxylation is 2. The Balaban J connectivity index is 1.61. The summed E-state index contributed by atoms with van der Waals surface area (Å²) >= 11 is 0. The molecule has 3 aromatic heterocycles. The molecule has 3 aromatic rings. The number of nitrogens with two attached hydrogens (primary N) is 1. The zero-order valence-corrected chi connectivity index (χ0v) is 22.6. The zero-order valence-electron chi connectivity index (χ0n) is 22.6. The third-order valence-corrected chi connectivity index (χ3v) is 7.27. The van der Waals surface area contributed by atoms with E-state index in [9.17, 15) is 19.5 Å². The molecule has 1 saturated heterocycles. The third-order valence-electron chi connectivity index (χ3n) is 7.27. The van der Waals surface area contributed by atoms with Crippen molar-refractivity contribution in [1.82, 2.24) is 30.0 Å². The highest BCUT2D eigenvalue weighted by Gasteiger charge is 2.30. The second-order valence-corrected chi connectivity index (χ2v) is 10.5. The lowest BCUT2D eigenvalue weighted by Gasteiger charge is -2.34. The van der Waals surface area contributed by atoms with Crippen molar-refractivity contribution < 1.29 is 14.7 Å². The van der Waals surface area contributed by atoms with Crippen molar-refractivity contribution in [3.63, 3.8) is 0 Å². The number of likely N-dealkylation sites (tertiary alicyclic amines) is 1. The summed E-state index contributed by atoms with van der Waals surface area (Å²) in [5.74, 6) is -0.534. The van der Waals surface area contributed by atoms with E-state index in [4.69, 9.17) is 10.7 Å². The van der Waals surface area contributed by atoms with Gasteiger partial charge in [-0.25, -0.2) is 9.67 Å². The van der Waals surface area contributed by atoms with Crippen LogP contribution in [0, 0.1) is 13.8 Å². The van der Waals surface area contributed by atoms with E-state index >= 15 is 0 Å². The number of hydrogen-bond acceptors (Lipinski definition) is 7.